The Hall–Kier alpha value is -0.730. The maximum atomic E-state index is 5.90. The monoisotopic (exact) mass is 231 g/mol. The summed E-state index contributed by atoms with van der Waals surface area (Å²) in [6.45, 7) is 0. The molecular weight excluding hydrogens is 214 g/mol. The zero-order valence-corrected chi connectivity index (χ0v) is 10.2. The smallest absolute Gasteiger partial charge is 0.0229 e. The zero-order chi connectivity index (χ0) is 11.0. The minimum absolute atomic E-state index is 0.323. The minimum Gasteiger partial charge on any atom is -0.324 e. The number of thioether (sulfide) groups is 1. The van der Waals surface area contributed by atoms with Crippen LogP contribution in [0.15, 0.2) is 40.8 Å². The SMILES string of the molecule is NC1C=C(CC2Cc3ccccc3S2)CC1. The molecule has 1 heterocycles. The fourth-order valence-electron chi connectivity index (χ4n) is 2.65. The van der Waals surface area contributed by atoms with Gasteiger partial charge in [0.2, 0.25) is 0 Å². The lowest BCUT2D eigenvalue weighted by molar-refractivity contribution is 0.754. The number of fused-ring (bicyclic) bond motifs is 1. The Bertz CT molecular complexity index is 399. The van der Waals surface area contributed by atoms with Crippen LogP contribution in [0.2, 0.25) is 0 Å². The summed E-state index contributed by atoms with van der Waals surface area (Å²) >= 11 is 2.04. The highest BCUT2D eigenvalue weighted by molar-refractivity contribution is 8.00. The molecule has 0 amide bonds. The second kappa shape index (κ2) is 4.27. The molecule has 0 fully saturated rings. The highest BCUT2D eigenvalue weighted by atomic mass is 32.2. The van der Waals surface area contributed by atoms with Crippen LogP contribution in [0.25, 0.3) is 0 Å². The van der Waals surface area contributed by atoms with Crippen molar-refractivity contribution in [3.8, 4) is 0 Å². The van der Waals surface area contributed by atoms with Gasteiger partial charge in [-0.25, -0.2) is 0 Å². The molecule has 1 aromatic rings. The number of benzene rings is 1. The number of allylic oxidation sites excluding steroid dienone is 1. The summed E-state index contributed by atoms with van der Waals surface area (Å²) in [6, 6.07) is 9.11. The molecule has 1 aliphatic carbocycles. The summed E-state index contributed by atoms with van der Waals surface area (Å²) in [5.74, 6) is 0. The van der Waals surface area contributed by atoms with Crippen molar-refractivity contribution in [2.45, 2.75) is 41.9 Å². The van der Waals surface area contributed by atoms with Crippen LogP contribution in [0.5, 0.6) is 0 Å². The van der Waals surface area contributed by atoms with Crippen LogP contribution in [-0.4, -0.2) is 11.3 Å². The second-order valence-electron chi connectivity index (χ2n) is 4.78. The Morgan fingerprint density at radius 3 is 2.94 bits per heavy atom. The molecule has 0 spiro atoms. The van der Waals surface area contributed by atoms with Crippen LogP contribution >= 0.6 is 11.8 Å². The lowest BCUT2D eigenvalue weighted by Gasteiger charge is -2.08. The Balaban J connectivity index is 1.66. The Morgan fingerprint density at radius 1 is 1.31 bits per heavy atom. The molecule has 0 saturated heterocycles. The summed E-state index contributed by atoms with van der Waals surface area (Å²) in [5.41, 5.74) is 9.01. The molecule has 84 valence electrons. The summed E-state index contributed by atoms with van der Waals surface area (Å²) in [4.78, 5) is 1.48. The zero-order valence-electron chi connectivity index (χ0n) is 9.36. The lowest BCUT2D eigenvalue weighted by atomic mass is 10.0. The molecule has 0 saturated carbocycles. The Morgan fingerprint density at radius 2 is 2.19 bits per heavy atom. The van der Waals surface area contributed by atoms with Gasteiger partial charge in [0.1, 0.15) is 0 Å². The van der Waals surface area contributed by atoms with Gasteiger partial charge < -0.3 is 5.73 Å². The van der Waals surface area contributed by atoms with Gasteiger partial charge in [-0.05, 0) is 37.3 Å². The predicted molar refractivity (Wildman–Crippen MR) is 69.7 cm³/mol. The maximum Gasteiger partial charge on any atom is 0.0229 e. The summed E-state index contributed by atoms with van der Waals surface area (Å²) < 4.78 is 0. The van der Waals surface area contributed by atoms with Crippen molar-refractivity contribution in [1.29, 1.82) is 0 Å². The summed E-state index contributed by atoms with van der Waals surface area (Å²) in [6.07, 6.45) is 7.11. The number of rotatable bonds is 2. The van der Waals surface area contributed by atoms with E-state index in [4.69, 9.17) is 5.73 Å². The minimum atomic E-state index is 0.323. The first-order chi connectivity index (χ1) is 7.81. The van der Waals surface area contributed by atoms with Gasteiger partial charge in [0.25, 0.3) is 0 Å². The van der Waals surface area contributed by atoms with E-state index in [2.05, 4.69) is 30.3 Å². The average Bonchev–Trinajstić information content (AvgIpc) is 2.84. The number of hydrogen-bond acceptors (Lipinski definition) is 2. The maximum absolute atomic E-state index is 5.90. The van der Waals surface area contributed by atoms with Crippen molar-refractivity contribution < 1.29 is 0 Å². The molecule has 1 nitrogen and oxygen atoms in total. The third-order valence-electron chi connectivity index (χ3n) is 3.45. The molecule has 16 heavy (non-hydrogen) atoms. The number of nitrogens with two attached hydrogens (primary N) is 1. The fraction of sp³-hybridized carbons (Fsp3) is 0.429. The molecular formula is C14H17NS. The van der Waals surface area contributed by atoms with Crippen molar-refractivity contribution in [2.24, 2.45) is 5.73 Å². The van der Waals surface area contributed by atoms with Gasteiger partial charge in [0, 0.05) is 16.2 Å². The topological polar surface area (TPSA) is 26.0 Å². The van der Waals surface area contributed by atoms with Gasteiger partial charge in [0.05, 0.1) is 0 Å². The van der Waals surface area contributed by atoms with Crippen LogP contribution in [0.1, 0.15) is 24.8 Å². The normalized spacial score (nSPS) is 27.9. The third-order valence-corrected chi connectivity index (χ3v) is 4.77. The lowest BCUT2D eigenvalue weighted by Crippen LogP contribution is -2.11. The highest BCUT2D eigenvalue weighted by Gasteiger charge is 2.24. The van der Waals surface area contributed by atoms with Crippen molar-refractivity contribution in [1.82, 2.24) is 0 Å². The highest BCUT2D eigenvalue weighted by Crippen LogP contribution is 2.40. The Kier molecular flexibility index (Phi) is 2.78. The first kappa shape index (κ1) is 10.4. The van der Waals surface area contributed by atoms with Crippen LogP contribution in [0.3, 0.4) is 0 Å². The second-order valence-corrected chi connectivity index (χ2v) is 6.13. The van der Waals surface area contributed by atoms with Gasteiger partial charge in [-0.2, -0.15) is 0 Å². The molecule has 2 atom stereocenters. The van der Waals surface area contributed by atoms with Crippen LogP contribution in [0, 0.1) is 0 Å². The molecule has 2 N–H and O–H groups in total. The molecule has 3 rings (SSSR count). The van der Waals surface area contributed by atoms with E-state index in [0.29, 0.717) is 6.04 Å². The van der Waals surface area contributed by atoms with E-state index in [9.17, 15) is 0 Å². The van der Waals surface area contributed by atoms with Gasteiger partial charge in [0.15, 0.2) is 0 Å². The van der Waals surface area contributed by atoms with Crippen LogP contribution in [-0.2, 0) is 6.42 Å². The van der Waals surface area contributed by atoms with Crippen molar-refractivity contribution in [3.63, 3.8) is 0 Å². The summed E-state index contributed by atoms with van der Waals surface area (Å²) in [7, 11) is 0. The van der Waals surface area contributed by atoms with Crippen molar-refractivity contribution >= 4 is 11.8 Å². The van der Waals surface area contributed by atoms with E-state index < -0.39 is 0 Å². The van der Waals surface area contributed by atoms with E-state index in [0.717, 1.165) is 11.7 Å². The van der Waals surface area contributed by atoms with Gasteiger partial charge in [-0.3, -0.25) is 0 Å². The molecule has 0 bridgehead atoms. The molecule has 2 heteroatoms. The average molecular weight is 231 g/mol. The van der Waals surface area contributed by atoms with E-state index in [1.54, 1.807) is 5.57 Å². The Labute approximate surface area is 101 Å². The predicted octanol–water partition coefficient (Wildman–Crippen LogP) is 3.14. The standard InChI is InChI=1S/C14H17NS/c15-12-6-5-10(7-12)8-13-9-11-3-1-2-4-14(11)16-13/h1-4,7,12-13H,5-6,8-9,15H2. The van der Waals surface area contributed by atoms with Crippen LogP contribution in [0.4, 0.5) is 0 Å². The molecule has 2 unspecified atom stereocenters. The fourth-order valence-corrected chi connectivity index (χ4v) is 4.03. The van der Waals surface area contributed by atoms with E-state index >= 15 is 0 Å². The van der Waals surface area contributed by atoms with E-state index in [1.165, 1.54) is 29.7 Å². The number of hydrogen-bond donors (Lipinski definition) is 1. The summed E-state index contributed by atoms with van der Waals surface area (Å²) in [5, 5.41) is 0.744. The first-order valence-electron chi connectivity index (χ1n) is 6.01. The molecule has 0 radical (unpaired) electrons. The molecule has 2 aliphatic rings. The van der Waals surface area contributed by atoms with Gasteiger partial charge >= 0.3 is 0 Å². The van der Waals surface area contributed by atoms with Crippen LogP contribution < -0.4 is 5.73 Å². The molecule has 1 aromatic carbocycles. The quantitative estimate of drug-likeness (QED) is 0.791. The van der Waals surface area contributed by atoms with Gasteiger partial charge in [-0.15, -0.1) is 11.8 Å². The molecule has 1 aliphatic heterocycles. The van der Waals surface area contributed by atoms with Crippen molar-refractivity contribution in [3.05, 3.63) is 41.5 Å². The molecule has 0 aromatic heterocycles. The van der Waals surface area contributed by atoms with E-state index in [1.807, 2.05) is 11.8 Å². The third kappa shape index (κ3) is 2.04. The van der Waals surface area contributed by atoms with E-state index in [-0.39, 0.29) is 0 Å². The van der Waals surface area contributed by atoms with Crippen molar-refractivity contribution in [2.75, 3.05) is 0 Å². The largest absolute Gasteiger partial charge is 0.324 e. The first-order valence-corrected chi connectivity index (χ1v) is 6.89. The van der Waals surface area contributed by atoms with Gasteiger partial charge in [-0.1, -0.05) is 29.8 Å².